The molecule has 0 aromatic carbocycles. The molecule has 12 heteroatoms. The largest absolute Gasteiger partial charge is 0.459 e. The molecule has 2 saturated carbocycles. The van der Waals surface area contributed by atoms with Crippen LogP contribution in [0.2, 0.25) is 0 Å². The van der Waals surface area contributed by atoms with Crippen molar-refractivity contribution in [3.05, 3.63) is 33.5 Å². The Labute approximate surface area is 248 Å². The van der Waals surface area contributed by atoms with E-state index in [4.69, 9.17) is 14.2 Å². The molecule has 1 aliphatic heterocycles. The van der Waals surface area contributed by atoms with Gasteiger partial charge in [0.2, 0.25) is 0 Å². The number of hydrogen-bond acceptors (Lipinski definition) is 12. The van der Waals surface area contributed by atoms with Crippen LogP contribution in [0.3, 0.4) is 0 Å². The van der Waals surface area contributed by atoms with E-state index < -0.39 is 88.2 Å². The number of aliphatic hydroxyl groups is 5. The first kappa shape index (κ1) is 31.2. The highest BCUT2D eigenvalue weighted by molar-refractivity contribution is 7.10. The van der Waals surface area contributed by atoms with E-state index in [0.29, 0.717) is 5.57 Å². The zero-order valence-electron chi connectivity index (χ0n) is 24.6. The number of aliphatic hydroxyl groups excluding tert-OH is 3. The second-order valence-corrected chi connectivity index (χ2v) is 14.1. The molecule has 232 valence electrons. The third-order valence-corrected chi connectivity index (χ3v) is 11.7. The lowest BCUT2D eigenvalue weighted by Crippen LogP contribution is -2.81. The first-order valence-corrected chi connectivity index (χ1v) is 15.1. The lowest BCUT2D eigenvalue weighted by Gasteiger charge is -2.66. The minimum atomic E-state index is -2.12. The highest BCUT2D eigenvalue weighted by Crippen LogP contribution is 2.63. The van der Waals surface area contributed by atoms with E-state index in [0.717, 1.165) is 11.8 Å². The lowest BCUT2D eigenvalue weighted by molar-refractivity contribution is -0.345. The maximum absolute atomic E-state index is 14.2. The quantitative estimate of drug-likeness (QED) is 0.238. The number of carbonyl (C=O) groups excluding carboxylic acids is 3. The van der Waals surface area contributed by atoms with Gasteiger partial charge in [0.25, 0.3) is 0 Å². The number of esters is 2. The van der Waals surface area contributed by atoms with Crippen molar-refractivity contribution in [3.8, 4) is 0 Å². The number of ketones is 1. The maximum atomic E-state index is 14.2. The van der Waals surface area contributed by atoms with E-state index in [9.17, 15) is 39.9 Å². The van der Waals surface area contributed by atoms with Crippen molar-refractivity contribution in [3.63, 3.8) is 0 Å². The van der Waals surface area contributed by atoms with Crippen LogP contribution in [0.15, 0.2) is 28.7 Å². The molecule has 0 spiro atoms. The number of rotatable bonds is 5. The van der Waals surface area contributed by atoms with Crippen LogP contribution in [0, 0.1) is 16.7 Å². The Morgan fingerprint density at radius 1 is 1.17 bits per heavy atom. The fourth-order valence-corrected chi connectivity index (χ4v) is 8.73. The minimum absolute atomic E-state index is 0.0582. The number of hydrogen-bond donors (Lipinski definition) is 5. The summed E-state index contributed by atoms with van der Waals surface area (Å²) in [7, 11) is 0. The van der Waals surface area contributed by atoms with Crippen molar-refractivity contribution >= 4 is 29.1 Å². The van der Waals surface area contributed by atoms with Gasteiger partial charge in [0, 0.05) is 41.9 Å². The molecule has 3 fully saturated rings. The predicted molar refractivity (Wildman–Crippen MR) is 148 cm³/mol. The molecule has 1 aromatic heterocycles. The summed E-state index contributed by atoms with van der Waals surface area (Å²) >= 11 is 1.37. The standard InChI is InChI=1S/C30H40O11S/c1-13-16(41-26(36)21(33)14(2)17-8-7-9-42-17)11-30(38)25(40-15(3)31)23-28(6,18(32)10-19-29(23,37)12-39-19)24(35)22(34)20(13)27(30,4)5/h7-9,14,16,18-19,21-23,25,32-34,37-38H,10-12H2,1-6H3/t14-,16-,18-,19+,21+,22+,23-,25-,28+,29-,30+/m0/s1. The molecule has 5 rings (SSSR count). The summed E-state index contributed by atoms with van der Waals surface area (Å²) in [5.74, 6) is -4.56. The summed E-state index contributed by atoms with van der Waals surface area (Å²) in [6.45, 7) is 8.72. The van der Waals surface area contributed by atoms with E-state index in [1.165, 1.54) is 18.3 Å². The van der Waals surface area contributed by atoms with Crippen LogP contribution in [0.1, 0.15) is 65.2 Å². The summed E-state index contributed by atoms with van der Waals surface area (Å²) in [6.07, 6.45) is -8.96. The van der Waals surface area contributed by atoms with Gasteiger partial charge in [-0.15, -0.1) is 11.3 Å². The van der Waals surface area contributed by atoms with Crippen LogP contribution >= 0.6 is 11.3 Å². The monoisotopic (exact) mass is 608 g/mol. The predicted octanol–water partition coefficient (Wildman–Crippen LogP) is 0.994. The molecule has 2 bridgehead atoms. The molecular weight excluding hydrogens is 568 g/mol. The highest BCUT2D eigenvalue weighted by atomic mass is 32.1. The van der Waals surface area contributed by atoms with Gasteiger partial charge in [-0.1, -0.05) is 26.8 Å². The fraction of sp³-hybridized carbons (Fsp3) is 0.700. The third kappa shape index (κ3) is 4.17. The summed E-state index contributed by atoms with van der Waals surface area (Å²) in [6, 6.07) is 3.58. The molecule has 4 aliphatic rings. The lowest BCUT2D eigenvalue weighted by atomic mass is 9.45. The number of thiophene rings is 1. The van der Waals surface area contributed by atoms with E-state index in [-0.39, 0.29) is 25.0 Å². The van der Waals surface area contributed by atoms with Crippen molar-refractivity contribution in [1.29, 1.82) is 0 Å². The summed E-state index contributed by atoms with van der Waals surface area (Å²) in [4.78, 5) is 40.8. The molecule has 0 unspecified atom stereocenters. The number of Topliss-reactive ketones (excluding diaryl/α,β-unsaturated/α-hetero) is 1. The molecule has 5 N–H and O–H groups in total. The first-order chi connectivity index (χ1) is 19.4. The topological polar surface area (TPSA) is 180 Å². The van der Waals surface area contributed by atoms with E-state index >= 15 is 0 Å². The summed E-state index contributed by atoms with van der Waals surface area (Å²) in [5.41, 5.74) is -6.83. The molecule has 0 amide bonds. The van der Waals surface area contributed by atoms with Gasteiger partial charge in [-0.3, -0.25) is 9.59 Å². The SMILES string of the molecule is CC(=O)O[C@H]1[C@@H]2[C@]3(O)CO[C@@H]3C[C@H](O)[C@@]2(C)C(=O)[C@H](O)C2=C(C)[C@@H](OC(=O)[C@H](O)[C@@H](C)c3cccs3)C[C@]1(O)C2(C)C. The molecular formula is C30H40O11S. The smallest absolute Gasteiger partial charge is 0.336 e. The van der Waals surface area contributed by atoms with Gasteiger partial charge in [0.05, 0.1) is 24.2 Å². The Balaban J connectivity index is 1.65. The van der Waals surface area contributed by atoms with Crippen molar-refractivity contribution < 1.29 is 54.1 Å². The van der Waals surface area contributed by atoms with E-state index in [1.807, 2.05) is 5.38 Å². The van der Waals surface area contributed by atoms with Crippen LogP contribution in [-0.4, -0.2) is 97.7 Å². The van der Waals surface area contributed by atoms with E-state index in [1.54, 1.807) is 39.8 Å². The van der Waals surface area contributed by atoms with Crippen LogP contribution in [0.25, 0.3) is 0 Å². The maximum Gasteiger partial charge on any atom is 0.336 e. The zero-order chi connectivity index (χ0) is 31.2. The van der Waals surface area contributed by atoms with Crippen LogP contribution < -0.4 is 0 Å². The molecule has 42 heavy (non-hydrogen) atoms. The van der Waals surface area contributed by atoms with Crippen LogP contribution in [0.4, 0.5) is 0 Å². The van der Waals surface area contributed by atoms with Gasteiger partial charge < -0.3 is 39.7 Å². The van der Waals surface area contributed by atoms with Crippen molar-refractivity contribution in [2.24, 2.45) is 16.7 Å². The molecule has 11 nitrogen and oxygen atoms in total. The van der Waals surface area contributed by atoms with Crippen LogP contribution in [-0.2, 0) is 28.6 Å². The summed E-state index contributed by atoms with van der Waals surface area (Å²) in [5, 5.41) is 60.2. The fourth-order valence-electron chi connectivity index (χ4n) is 7.92. The summed E-state index contributed by atoms with van der Waals surface area (Å²) < 4.78 is 17.1. The number of ether oxygens (including phenoxy) is 3. The Morgan fingerprint density at radius 2 is 1.83 bits per heavy atom. The number of carbonyl (C=O) groups is 3. The Hall–Kier alpha value is -2.19. The molecule has 3 aliphatic carbocycles. The van der Waals surface area contributed by atoms with Crippen LogP contribution in [0.5, 0.6) is 0 Å². The van der Waals surface area contributed by atoms with Gasteiger partial charge in [0.15, 0.2) is 11.9 Å². The average molecular weight is 609 g/mol. The number of fused-ring (bicyclic) bond motifs is 5. The molecule has 2 heterocycles. The van der Waals surface area contributed by atoms with Crippen molar-refractivity contribution in [2.75, 3.05) is 6.61 Å². The molecule has 1 aromatic rings. The second-order valence-electron chi connectivity index (χ2n) is 13.1. The van der Waals surface area contributed by atoms with Crippen molar-refractivity contribution in [2.45, 2.75) is 108 Å². The zero-order valence-corrected chi connectivity index (χ0v) is 25.4. The van der Waals surface area contributed by atoms with Gasteiger partial charge in [-0.05, 0) is 36.4 Å². The minimum Gasteiger partial charge on any atom is -0.459 e. The second kappa shape index (κ2) is 10.2. The van der Waals surface area contributed by atoms with Gasteiger partial charge >= 0.3 is 11.9 Å². The normalized spacial score (nSPS) is 42.2. The van der Waals surface area contributed by atoms with Gasteiger partial charge in [-0.25, -0.2) is 4.79 Å². The average Bonchev–Trinajstić information content (AvgIpc) is 3.45. The van der Waals surface area contributed by atoms with Crippen molar-refractivity contribution in [1.82, 2.24) is 0 Å². The Bertz CT molecular complexity index is 1310. The third-order valence-electron chi connectivity index (χ3n) is 10.6. The Kier molecular flexibility index (Phi) is 7.58. The Morgan fingerprint density at radius 3 is 2.38 bits per heavy atom. The first-order valence-electron chi connectivity index (χ1n) is 14.2. The molecule has 1 saturated heterocycles. The van der Waals surface area contributed by atoms with Gasteiger partial charge in [0.1, 0.15) is 29.5 Å². The molecule has 0 radical (unpaired) electrons. The highest BCUT2D eigenvalue weighted by Gasteiger charge is 2.76. The van der Waals surface area contributed by atoms with Gasteiger partial charge in [-0.2, -0.15) is 0 Å². The molecule has 11 atom stereocenters. The van der Waals surface area contributed by atoms with E-state index in [2.05, 4.69) is 0 Å².